The number of fused-ring (bicyclic) bond motifs is 1. The lowest BCUT2D eigenvalue weighted by Crippen LogP contribution is -2.22. The molecule has 2 heterocycles. The average Bonchev–Trinajstić information content (AvgIpc) is 3.00. The Morgan fingerprint density at radius 3 is 2.67 bits per heavy atom. The fourth-order valence-corrected chi connectivity index (χ4v) is 3.09. The van der Waals surface area contributed by atoms with Gasteiger partial charge in [0, 0.05) is 4.47 Å². The molecule has 5 nitrogen and oxygen atoms in total. The van der Waals surface area contributed by atoms with Crippen LogP contribution >= 0.6 is 15.9 Å². The fourth-order valence-electron chi connectivity index (χ4n) is 2.52. The van der Waals surface area contributed by atoms with E-state index in [0.29, 0.717) is 0 Å². The molecule has 0 aliphatic rings. The maximum atomic E-state index is 11.4. The molecule has 110 valence electrons. The molecule has 21 heavy (non-hydrogen) atoms. The van der Waals surface area contributed by atoms with Gasteiger partial charge in [-0.3, -0.25) is 0 Å². The van der Waals surface area contributed by atoms with Gasteiger partial charge >= 0.3 is 5.69 Å². The zero-order chi connectivity index (χ0) is 15.0. The quantitative estimate of drug-likeness (QED) is 0.676. The lowest BCUT2D eigenvalue weighted by Gasteiger charge is -2.18. The first-order chi connectivity index (χ1) is 10.1. The largest absolute Gasteiger partial charge is 0.467 e. The number of halogens is 1. The number of aromatic nitrogens is 2. The molecule has 6 heteroatoms. The van der Waals surface area contributed by atoms with Gasteiger partial charge in [-0.2, -0.15) is 0 Å². The van der Waals surface area contributed by atoms with Crippen molar-refractivity contribution in [1.82, 2.24) is 15.3 Å². The molecule has 2 aromatic heterocycles. The molecule has 3 N–H and O–H groups in total. The van der Waals surface area contributed by atoms with E-state index in [0.717, 1.165) is 38.9 Å². The summed E-state index contributed by atoms with van der Waals surface area (Å²) in [4.78, 5) is 17.0. The summed E-state index contributed by atoms with van der Waals surface area (Å²) in [5, 5.41) is 3.43. The highest BCUT2D eigenvalue weighted by atomic mass is 79.9. The molecule has 0 saturated carbocycles. The standard InChI is InChI=1S/C15H16BrN3O2/c1-3-17-13(14-8(2)4-5-21-14)9-6-11-12(7-10(9)16)19-15(20)18-11/h4-7,13,17H,3H2,1-2H3,(H2,18,19,20). The zero-order valence-corrected chi connectivity index (χ0v) is 13.4. The van der Waals surface area contributed by atoms with Crippen molar-refractivity contribution in [3.63, 3.8) is 0 Å². The van der Waals surface area contributed by atoms with E-state index in [1.807, 2.05) is 25.1 Å². The van der Waals surface area contributed by atoms with Crippen molar-refractivity contribution in [2.45, 2.75) is 19.9 Å². The zero-order valence-electron chi connectivity index (χ0n) is 11.8. The monoisotopic (exact) mass is 349 g/mol. The van der Waals surface area contributed by atoms with Crippen LogP contribution in [0, 0.1) is 6.92 Å². The van der Waals surface area contributed by atoms with E-state index >= 15 is 0 Å². The number of benzene rings is 1. The first kappa shape index (κ1) is 14.2. The van der Waals surface area contributed by atoms with Gasteiger partial charge in [-0.05, 0) is 42.8 Å². The maximum Gasteiger partial charge on any atom is 0.323 e. The lowest BCUT2D eigenvalue weighted by atomic mass is 10.0. The molecule has 3 rings (SSSR count). The molecule has 0 fully saturated rings. The van der Waals surface area contributed by atoms with E-state index in [9.17, 15) is 4.79 Å². The number of H-pyrrole nitrogens is 2. The van der Waals surface area contributed by atoms with Gasteiger partial charge in [0.25, 0.3) is 0 Å². The van der Waals surface area contributed by atoms with Crippen LogP contribution in [0.25, 0.3) is 11.0 Å². The first-order valence-electron chi connectivity index (χ1n) is 6.79. The minimum Gasteiger partial charge on any atom is -0.467 e. The van der Waals surface area contributed by atoms with Gasteiger partial charge < -0.3 is 19.7 Å². The van der Waals surface area contributed by atoms with Crippen molar-refractivity contribution >= 4 is 27.0 Å². The predicted molar refractivity (Wildman–Crippen MR) is 85.6 cm³/mol. The number of furan rings is 1. The van der Waals surface area contributed by atoms with Crippen molar-refractivity contribution < 1.29 is 4.42 Å². The second-order valence-electron chi connectivity index (χ2n) is 4.96. The molecule has 3 aromatic rings. The fraction of sp³-hybridized carbons (Fsp3) is 0.267. The van der Waals surface area contributed by atoms with Crippen LogP contribution in [0.1, 0.15) is 29.9 Å². The van der Waals surface area contributed by atoms with E-state index in [4.69, 9.17) is 4.42 Å². The summed E-state index contributed by atoms with van der Waals surface area (Å²) >= 11 is 3.59. The number of hydrogen-bond donors (Lipinski definition) is 3. The molecule has 0 radical (unpaired) electrons. The summed E-state index contributed by atoms with van der Waals surface area (Å²) in [5.41, 5.74) is 3.48. The number of imidazole rings is 1. The van der Waals surface area contributed by atoms with Gasteiger partial charge in [-0.15, -0.1) is 0 Å². The van der Waals surface area contributed by atoms with E-state index in [1.54, 1.807) is 6.26 Å². The molecule has 0 saturated heterocycles. The van der Waals surface area contributed by atoms with E-state index in [2.05, 4.69) is 38.1 Å². The predicted octanol–water partition coefficient (Wildman–Crippen LogP) is 3.22. The Morgan fingerprint density at radius 1 is 1.33 bits per heavy atom. The summed E-state index contributed by atoms with van der Waals surface area (Å²) in [6.45, 7) is 4.88. The van der Waals surface area contributed by atoms with E-state index < -0.39 is 0 Å². The third-order valence-corrected chi connectivity index (χ3v) is 4.20. The topological polar surface area (TPSA) is 73.8 Å². The second-order valence-corrected chi connectivity index (χ2v) is 5.81. The highest BCUT2D eigenvalue weighted by molar-refractivity contribution is 9.10. The summed E-state index contributed by atoms with van der Waals surface area (Å²) in [7, 11) is 0. The molecule has 1 aromatic carbocycles. The molecule has 0 aliphatic heterocycles. The Hall–Kier alpha value is -1.79. The van der Waals surface area contributed by atoms with Crippen LogP contribution in [0.4, 0.5) is 0 Å². The van der Waals surface area contributed by atoms with Crippen LogP contribution in [0.15, 0.2) is 38.1 Å². The minimum absolute atomic E-state index is 0.0674. The van der Waals surface area contributed by atoms with Gasteiger partial charge in [-0.1, -0.05) is 22.9 Å². The average molecular weight is 350 g/mol. The van der Waals surface area contributed by atoms with Crippen molar-refractivity contribution in [2.24, 2.45) is 0 Å². The number of hydrogen-bond acceptors (Lipinski definition) is 3. The molecular weight excluding hydrogens is 334 g/mol. The van der Waals surface area contributed by atoms with Crippen molar-refractivity contribution in [3.8, 4) is 0 Å². The summed E-state index contributed by atoms with van der Waals surface area (Å²) in [6, 6.07) is 5.75. The molecule has 1 unspecified atom stereocenters. The Morgan fingerprint density at radius 2 is 2.05 bits per heavy atom. The van der Waals surface area contributed by atoms with Crippen molar-refractivity contribution in [1.29, 1.82) is 0 Å². The summed E-state index contributed by atoms with van der Waals surface area (Å²) in [5.74, 6) is 0.884. The van der Waals surface area contributed by atoms with E-state index in [-0.39, 0.29) is 11.7 Å². The Labute approximate surface area is 129 Å². The second kappa shape index (κ2) is 5.54. The van der Waals surface area contributed by atoms with Crippen LogP contribution in [0.3, 0.4) is 0 Å². The Balaban J connectivity index is 2.17. The number of nitrogens with one attached hydrogen (secondary N) is 3. The maximum absolute atomic E-state index is 11.4. The van der Waals surface area contributed by atoms with Crippen molar-refractivity contribution in [3.05, 3.63) is 56.3 Å². The van der Waals surface area contributed by atoms with Crippen LogP contribution in [0.5, 0.6) is 0 Å². The van der Waals surface area contributed by atoms with Gasteiger partial charge in [0.2, 0.25) is 0 Å². The summed E-state index contributed by atoms with van der Waals surface area (Å²) in [6.07, 6.45) is 1.69. The Kier molecular flexibility index (Phi) is 3.73. The Bertz CT molecular complexity index is 831. The number of rotatable bonds is 4. The van der Waals surface area contributed by atoms with E-state index in [1.165, 1.54) is 0 Å². The molecule has 0 amide bonds. The minimum atomic E-state index is -0.205. The summed E-state index contributed by atoms with van der Waals surface area (Å²) < 4.78 is 6.57. The smallest absolute Gasteiger partial charge is 0.323 e. The third kappa shape index (κ3) is 2.56. The molecule has 1 atom stereocenters. The van der Waals surface area contributed by atoms with Crippen LogP contribution in [-0.2, 0) is 0 Å². The molecule has 0 aliphatic carbocycles. The highest BCUT2D eigenvalue weighted by Gasteiger charge is 2.21. The van der Waals surface area contributed by atoms with Crippen molar-refractivity contribution in [2.75, 3.05) is 6.54 Å². The SMILES string of the molecule is CCNC(c1cc2[nH]c(=O)[nH]c2cc1Br)c1occc1C. The van der Waals surface area contributed by atoms with Gasteiger partial charge in [0.15, 0.2) is 0 Å². The molecule has 0 spiro atoms. The number of aromatic amines is 2. The molecular formula is C15H16BrN3O2. The van der Waals surface area contributed by atoms with Gasteiger partial charge in [0.05, 0.1) is 23.3 Å². The van der Waals surface area contributed by atoms with Crippen LogP contribution in [-0.4, -0.2) is 16.5 Å². The van der Waals surface area contributed by atoms with Crippen LogP contribution in [0.2, 0.25) is 0 Å². The highest BCUT2D eigenvalue weighted by Crippen LogP contribution is 2.32. The third-order valence-electron chi connectivity index (χ3n) is 3.52. The first-order valence-corrected chi connectivity index (χ1v) is 7.58. The molecule has 0 bridgehead atoms. The van der Waals surface area contributed by atoms with Gasteiger partial charge in [0.1, 0.15) is 5.76 Å². The number of aryl methyl sites for hydroxylation is 1. The lowest BCUT2D eigenvalue weighted by molar-refractivity contribution is 0.449. The van der Waals surface area contributed by atoms with Crippen LogP contribution < -0.4 is 11.0 Å². The van der Waals surface area contributed by atoms with Gasteiger partial charge in [-0.25, -0.2) is 4.79 Å². The normalized spacial score (nSPS) is 12.9.